The molecule has 2 heterocycles. The van der Waals surface area contributed by atoms with E-state index in [1.807, 2.05) is 12.1 Å². The molecular weight excluding hydrogens is 312 g/mol. The zero-order valence-electron chi connectivity index (χ0n) is 10.2. The van der Waals surface area contributed by atoms with Crippen LogP contribution in [0.25, 0.3) is 10.8 Å². The predicted octanol–water partition coefficient (Wildman–Crippen LogP) is 4.15. The molecule has 1 atom stereocenters. The second kappa shape index (κ2) is 5.15. The van der Waals surface area contributed by atoms with E-state index < -0.39 is 0 Å². The molecule has 0 fully saturated rings. The predicted molar refractivity (Wildman–Crippen MR) is 76.9 cm³/mol. The minimum Gasteiger partial charge on any atom is -0.447 e. The van der Waals surface area contributed by atoms with Crippen molar-refractivity contribution in [2.45, 2.75) is 32.2 Å². The van der Waals surface area contributed by atoms with Gasteiger partial charge in [0.05, 0.1) is 5.69 Å². The van der Waals surface area contributed by atoms with Crippen LogP contribution in [0, 0.1) is 0 Å². The molecule has 0 spiro atoms. The van der Waals surface area contributed by atoms with Crippen molar-refractivity contribution >= 4 is 27.3 Å². The minimum atomic E-state index is 0.475. The lowest BCUT2D eigenvalue weighted by molar-refractivity contribution is 0.476. The lowest BCUT2D eigenvalue weighted by atomic mass is 9.98. The minimum absolute atomic E-state index is 0.475. The lowest BCUT2D eigenvalue weighted by Gasteiger charge is -2.21. The summed E-state index contributed by atoms with van der Waals surface area (Å²) >= 11 is 5.10. The van der Waals surface area contributed by atoms with Crippen LogP contribution < -0.4 is 5.32 Å². The highest BCUT2D eigenvalue weighted by Crippen LogP contribution is 2.38. The number of halogens is 1. The highest BCUT2D eigenvalue weighted by Gasteiger charge is 2.24. The maximum absolute atomic E-state index is 5.59. The first-order valence-corrected chi connectivity index (χ1v) is 7.87. The van der Waals surface area contributed by atoms with Gasteiger partial charge in [-0.15, -0.1) is 11.3 Å². The molecule has 1 aliphatic carbocycles. The number of aromatic nitrogens is 1. The number of nitrogens with one attached hydrogen (secondary N) is 1. The summed E-state index contributed by atoms with van der Waals surface area (Å²) in [6.07, 6.45) is 3.52. The molecule has 1 unspecified atom stereocenters. The van der Waals surface area contributed by atoms with Crippen molar-refractivity contribution < 1.29 is 4.42 Å². The number of fused-ring (bicyclic) bond motifs is 1. The van der Waals surface area contributed by atoms with Gasteiger partial charge in [-0.25, -0.2) is 4.98 Å². The Kier molecular flexibility index (Phi) is 3.54. The van der Waals surface area contributed by atoms with Crippen molar-refractivity contribution in [3.8, 4) is 10.8 Å². The number of hydrogen-bond donors (Lipinski definition) is 1. The largest absolute Gasteiger partial charge is 0.447 e. The fourth-order valence-corrected chi connectivity index (χ4v) is 3.89. The van der Waals surface area contributed by atoms with Crippen molar-refractivity contribution in [3.63, 3.8) is 0 Å². The van der Waals surface area contributed by atoms with Gasteiger partial charge in [0.15, 0.2) is 15.4 Å². The molecule has 18 heavy (non-hydrogen) atoms. The molecule has 0 radical (unpaired) electrons. The van der Waals surface area contributed by atoms with E-state index in [0.29, 0.717) is 6.04 Å². The molecular formula is C13H15BrN2OS. The molecule has 0 aliphatic heterocycles. The van der Waals surface area contributed by atoms with Crippen LogP contribution >= 0.6 is 27.3 Å². The first kappa shape index (κ1) is 12.4. The van der Waals surface area contributed by atoms with Crippen molar-refractivity contribution in [1.29, 1.82) is 0 Å². The van der Waals surface area contributed by atoms with Gasteiger partial charge in [0, 0.05) is 10.9 Å². The first-order chi connectivity index (χ1) is 8.78. The summed E-state index contributed by atoms with van der Waals surface area (Å²) in [5, 5.41) is 4.54. The molecule has 96 valence electrons. The fraction of sp³-hybridized carbons (Fsp3) is 0.462. The monoisotopic (exact) mass is 326 g/mol. The summed E-state index contributed by atoms with van der Waals surface area (Å²) < 4.78 is 6.34. The first-order valence-electron chi connectivity index (χ1n) is 6.26. The number of furan rings is 1. The third kappa shape index (κ3) is 2.27. The summed E-state index contributed by atoms with van der Waals surface area (Å²) in [7, 11) is 0. The van der Waals surface area contributed by atoms with Gasteiger partial charge in [0.1, 0.15) is 0 Å². The molecule has 2 aromatic rings. The molecule has 0 amide bonds. The molecule has 0 saturated heterocycles. The third-order valence-corrected chi connectivity index (χ3v) is 4.84. The van der Waals surface area contributed by atoms with E-state index in [1.54, 1.807) is 11.3 Å². The van der Waals surface area contributed by atoms with E-state index in [4.69, 9.17) is 9.40 Å². The number of aryl methyl sites for hydroxylation is 1. The van der Waals surface area contributed by atoms with Crippen LogP contribution in [0.5, 0.6) is 0 Å². The SMILES string of the molecule is CCNC1CCCc2nc(-c3ccc(Br)o3)sc21. The Hall–Kier alpha value is -0.650. The number of rotatable bonds is 3. The van der Waals surface area contributed by atoms with Crippen LogP contribution in [-0.2, 0) is 6.42 Å². The molecule has 2 aromatic heterocycles. The molecule has 3 rings (SSSR count). The standard InChI is InChI=1S/C13H15BrN2OS/c1-2-15-8-4-3-5-9-12(8)18-13(16-9)10-6-7-11(14)17-10/h6-8,15H,2-5H2,1H3. The van der Waals surface area contributed by atoms with Crippen LogP contribution in [0.4, 0.5) is 0 Å². The normalized spacial score (nSPS) is 18.9. The van der Waals surface area contributed by atoms with Crippen molar-refractivity contribution in [1.82, 2.24) is 10.3 Å². The highest BCUT2D eigenvalue weighted by molar-refractivity contribution is 9.10. The van der Waals surface area contributed by atoms with Gasteiger partial charge in [0.25, 0.3) is 0 Å². The average Bonchev–Trinajstić information content (AvgIpc) is 2.95. The van der Waals surface area contributed by atoms with Gasteiger partial charge in [-0.3, -0.25) is 0 Å². The number of thiazole rings is 1. The summed E-state index contributed by atoms with van der Waals surface area (Å²) in [4.78, 5) is 6.12. The fourth-order valence-electron chi connectivity index (χ4n) is 2.40. The van der Waals surface area contributed by atoms with Crippen molar-refractivity contribution in [2.75, 3.05) is 6.54 Å². The van der Waals surface area contributed by atoms with Gasteiger partial charge in [-0.2, -0.15) is 0 Å². The Bertz CT molecular complexity index is 549. The van der Waals surface area contributed by atoms with Gasteiger partial charge < -0.3 is 9.73 Å². The summed E-state index contributed by atoms with van der Waals surface area (Å²) in [6, 6.07) is 4.36. The summed E-state index contributed by atoms with van der Waals surface area (Å²) in [6.45, 7) is 3.16. The highest BCUT2D eigenvalue weighted by atomic mass is 79.9. The van der Waals surface area contributed by atoms with Gasteiger partial charge in [0.2, 0.25) is 0 Å². The summed E-state index contributed by atoms with van der Waals surface area (Å²) in [5.74, 6) is 0.858. The zero-order valence-corrected chi connectivity index (χ0v) is 12.6. The van der Waals surface area contributed by atoms with Crippen LogP contribution in [0.1, 0.15) is 36.4 Å². The Morgan fingerprint density at radius 2 is 2.44 bits per heavy atom. The molecule has 5 heteroatoms. The van der Waals surface area contributed by atoms with Crippen LogP contribution in [0.2, 0.25) is 0 Å². The maximum Gasteiger partial charge on any atom is 0.170 e. The number of hydrogen-bond acceptors (Lipinski definition) is 4. The third-order valence-electron chi connectivity index (χ3n) is 3.18. The Morgan fingerprint density at radius 1 is 1.56 bits per heavy atom. The Labute approximate surface area is 119 Å². The summed E-state index contributed by atoms with van der Waals surface area (Å²) in [5.41, 5.74) is 1.25. The Balaban J connectivity index is 1.95. The van der Waals surface area contributed by atoms with Crippen molar-refractivity contribution in [2.24, 2.45) is 0 Å². The molecule has 3 nitrogen and oxygen atoms in total. The Morgan fingerprint density at radius 3 is 3.17 bits per heavy atom. The van der Waals surface area contributed by atoms with E-state index in [2.05, 4.69) is 28.2 Å². The zero-order chi connectivity index (χ0) is 12.5. The van der Waals surface area contributed by atoms with Crippen molar-refractivity contribution in [3.05, 3.63) is 27.4 Å². The molecule has 1 aliphatic rings. The molecule has 0 bridgehead atoms. The molecule has 1 N–H and O–H groups in total. The molecule has 0 saturated carbocycles. The molecule has 0 aromatic carbocycles. The van der Waals surface area contributed by atoms with E-state index in [9.17, 15) is 0 Å². The smallest absolute Gasteiger partial charge is 0.170 e. The topological polar surface area (TPSA) is 38.1 Å². The van der Waals surface area contributed by atoms with E-state index in [-0.39, 0.29) is 0 Å². The quantitative estimate of drug-likeness (QED) is 0.920. The number of nitrogens with zero attached hydrogens (tertiary/aromatic N) is 1. The van der Waals surface area contributed by atoms with Gasteiger partial charge >= 0.3 is 0 Å². The van der Waals surface area contributed by atoms with Crippen LogP contribution in [0.3, 0.4) is 0 Å². The van der Waals surface area contributed by atoms with Gasteiger partial charge in [-0.1, -0.05) is 6.92 Å². The average molecular weight is 327 g/mol. The van der Waals surface area contributed by atoms with E-state index in [1.165, 1.54) is 23.4 Å². The maximum atomic E-state index is 5.59. The van der Waals surface area contributed by atoms with Crippen LogP contribution in [-0.4, -0.2) is 11.5 Å². The van der Waals surface area contributed by atoms with E-state index in [0.717, 1.165) is 28.4 Å². The second-order valence-corrected chi connectivity index (χ2v) is 6.25. The van der Waals surface area contributed by atoms with Crippen LogP contribution in [0.15, 0.2) is 21.2 Å². The van der Waals surface area contributed by atoms with E-state index >= 15 is 0 Å². The lowest BCUT2D eigenvalue weighted by Crippen LogP contribution is -2.23. The van der Waals surface area contributed by atoms with Gasteiger partial charge in [-0.05, 0) is 53.9 Å². The second-order valence-electron chi connectivity index (χ2n) is 4.44.